The van der Waals surface area contributed by atoms with Crippen LogP contribution in [0.5, 0.6) is 0 Å². The summed E-state index contributed by atoms with van der Waals surface area (Å²) < 4.78 is 7.51. The quantitative estimate of drug-likeness (QED) is 0.843. The third-order valence-electron chi connectivity index (χ3n) is 5.76. The molecule has 0 radical (unpaired) electrons. The van der Waals surface area contributed by atoms with Crippen LogP contribution in [0.2, 0.25) is 0 Å². The molecule has 1 saturated carbocycles. The highest BCUT2D eigenvalue weighted by molar-refractivity contribution is 5.80. The highest BCUT2D eigenvalue weighted by Crippen LogP contribution is 2.33. The SMILES string of the molecule is C[C@@H](C(=O)NCC1(N2CCOCC2)CCCCCC1)n1cccc1. The van der Waals surface area contributed by atoms with Gasteiger partial charge in [0.1, 0.15) is 6.04 Å². The van der Waals surface area contributed by atoms with Gasteiger partial charge in [0.25, 0.3) is 0 Å². The first-order valence-corrected chi connectivity index (χ1v) is 9.44. The minimum Gasteiger partial charge on any atom is -0.379 e. The number of nitrogens with zero attached hydrogens (tertiary/aromatic N) is 2. The summed E-state index contributed by atoms with van der Waals surface area (Å²) in [5.41, 5.74) is 0.117. The molecule has 1 aromatic rings. The first kappa shape index (κ1) is 17.5. The predicted molar refractivity (Wildman–Crippen MR) is 95.0 cm³/mol. The molecular formula is C19H31N3O2. The Morgan fingerprint density at radius 3 is 2.38 bits per heavy atom. The van der Waals surface area contributed by atoms with Crippen LogP contribution in [-0.2, 0) is 9.53 Å². The lowest BCUT2D eigenvalue weighted by atomic mass is 9.87. The van der Waals surface area contributed by atoms with E-state index in [0.717, 1.165) is 32.8 Å². The fourth-order valence-electron chi connectivity index (χ4n) is 4.17. The van der Waals surface area contributed by atoms with Crippen LogP contribution >= 0.6 is 0 Å². The lowest BCUT2D eigenvalue weighted by Gasteiger charge is -2.46. The molecule has 0 aromatic carbocycles. The zero-order chi connectivity index (χ0) is 16.8. The molecule has 0 unspecified atom stereocenters. The van der Waals surface area contributed by atoms with Crippen LogP contribution in [0, 0.1) is 0 Å². The van der Waals surface area contributed by atoms with E-state index < -0.39 is 0 Å². The van der Waals surface area contributed by atoms with Crippen LogP contribution < -0.4 is 5.32 Å². The maximum absolute atomic E-state index is 12.6. The Bertz CT molecular complexity index is 501. The third-order valence-corrected chi connectivity index (χ3v) is 5.76. The average molecular weight is 333 g/mol. The summed E-state index contributed by atoms with van der Waals surface area (Å²) in [4.78, 5) is 15.2. The van der Waals surface area contributed by atoms with Crippen LogP contribution in [-0.4, -0.2) is 53.8 Å². The fraction of sp³-hybridized carbons (Fsp3) is 0.737. The van der Waals surface area contributed by atoms with Crippen molar-refractivity contribution in [3.05, 3.63) is 24.5 Å². The van der Waals surface area contributed by atoms with Crippen molar-refractivity contribution in [1.82, 2.24) is 14.8 Å². The standard InChI is InChI=1S/C19H31N3O2/c1-17(21-10-6-7-11-21)18(23)20-16-19(8-4-2-3-5-9-19)22-12-14-24-15-13-22/h6-7,10-11,17H,2-5,8-9,12-16H2,1H3,(H,20,23)/t17-/m0/s1. The molecule has 3 rings (SSSR count). The largest absolute Gasteiger partial charge is 0.379 e. The maximum Gasteiger partial charge on any atom is 0.242 e. The van der Waals surface area contributed by atoms with Crippen LogP contribution in [0.4, 0.5) is 0 Å². The summed E-state index contributed by atoms with van der Waals surface area (Å²) >= 11 is 0. The second kappa shape index (κ2) is 8.17. The van der Waals surface area contributed by atoms with E-state index in [0.29, 0.717) is 0 Å². The van der Waals surface area contributed by atoms with Crippen molar-refractivity contribution in [3.63, 3.8) is 0 Å². The number of aromatic nitrogens is 1. The van der Waals surface area contributed by atoms with E-state index in [-0.39, 0.29) is 17.5 Å². The summed E-state index contributed by atoms with van der Waals surface area (Å²) in [6.45, 7) is 6.33. The minimum absolute atomic E-state index is 0.114. The van der Waals surface area contributed by atoms with E-state index in [4.69, 9.17) is 4.74 Å². The van der Waals surface area contributed by atoms with Gasteiger partial charge in [-0.05, 0) is 31.9 Å². The number of carbonyl (C=O) groups excluding carboxylic acids is 1. The molecular weight excluding hydrogens is 302 g/mol. The Labute approximate surface area is 145 Å². The molecule has 1 aromatic heterocycles. The number of rotatable bonds is 5. The summed E-state index contributed by atoms with van der Waals surface area (Å²) in [5.74, 6) is 0.114. The van der Waals surface area contributed by atoms with Gasteiger partial charge in [0.05, 0.1) is 13.2 Å². The van der Waals surface area contributed by atoms with E-state index in [9.17, 15) is 4.79 Å². The molecule has 1 aliphatic carbocycles. The molecule has 2 aliphatic rings. The van der Waals surface area contributed by atoms with Crippen molar-refractivity contribution in [3.8, 4) is 0 Å². The minimum atomic E-state index is -0.160. The highest BCUT2D eigenvalue weighted by Gasteiger charge is 2.38. The van der Waals surface area contributed by atoms with E-state index in [2.05, 4.69) is 10.2 Å². The molecule has 134 valence electrons. The van der Waals surface area contributed by atoms with Gasteiger partial charge in [-0.25, -0.2) is 0 Å². The van der Waals surface area contributed by atoms with Gasteiger partial charge in [-0.2, -0.15) is 0 Å². The van der Waals surface area contributed by atoms with Gasteiger partial charge in [0.15, 0.2) is 0 Å². The summed E-state index contributed by atoms with van der Waals surface area (Å²) in [5, 5.41) is 3.26. The van der Waals surface area contributed by atoms with Gasteiger partial charge in [-0.3, -0.25) is 9.69 Å². The normalized spacial score (nSPS) is 23.4. The van der Waals surface area contributed by atoms with Gasteiger partial charge in [-0.1, -0.05) is 25.7 Å². The molecule has 1 atom stereocenters. The van der Waals surface area contributed by atoms with E-state index in [1.807, 2.05) is 36.0 Å². The number of hydrogen-bond acceptors (Lipinski definition) is 3. The number of morpholine rings is 1. The van der Waals surface area contributed by atoms with Crippen LogP contribution in [0.3, 0.4) is 0 Å². The highest BCUT2D eigenvalue weighted by atomic mass is 16.5. The lowest BCUT2D eigenvalue weighted by Crippen LogP contribution is -2.59. The van der Waals surface area contributed by atoms with Crippen molar-refractivity contribution >= 4 is 5.91 Å². The fourth-order valence-corrected chi connectivity index (χ4v) is 4.17. The first-order chi connectivity index (χ1) is 11.7. The average Bonchev–Trinajstić information content (AvgIpc) is 3.06. The Morgan fingerprint density at radius 1 is 1.12 bits per heavy atom. The zero-order valence-corrected chi connectivity index (χ0v) is 14.9. The van der Waals surface area contributed by atoms with Crippen LogP contribution in [0.15, 0.2) is 24.5 Å². The van der Waals surface area contributed by atoms with Crippen molar-refractivity contribution < 1.29 is 9.53 Å². The van der Waals surface area contributed by atoms with Gasteiger partial charge in [0, 0.05) is 37.6 Å². The van der Waals surface area contributed by atoms with Gasteiger partial charge in [-0.15, -0.1) is 0 Å². The number of nitrogens with one attached hydrogen (secondary N) is 1. The van der Waals surface area contributed by atoms with Gasteiger partial charge in [0.2, 0.25) is 5.91 Å². The molecule has 1 saturated heterocycles. The summed E-state index contributed by atoms with van der Waals surface area (Å²) in [7, 11) is 0. The van der Waals surface area contributed by atoms with E-state index in [1.54, 1.807) is 0 Å². The van der Waals surface area contributed by atoms with E-state index >= 15 is 0 Å². The molecule has 1 amide bonds. The van der Waals surface area contributed by atoms with Crippen molar-refractivity contribution in [2.45, 2.75) is 57.0 Å². The smallest absolute Gasteiger partial charge is 0.242 e. The Morgan fingerprint density at radius 2 is 1.75 bits per heavy atom. The topological polar surface area (TPSA) is 46.5 Å². The van der Waals surface area contributed by atoms with Crippen LogP contribution in [0.25, 0.3) is 0 Å². The number of amides is 1. The molecule has 1 N–H and O–H groups in total. The molecule has 0 bridgehead atoms. The molecule has 5 nitrogen and oxygen atoms in total. The summed E-state index contributed by atoms with van der Waals surface area (Å²) in [6, 6.07) is 3.77. The predicted octanol–water partition coefficient (Wildman–Crippen LogP) is 2.59. The Kier molecular flexibility index (Phi) is 5.95. The Hall–Kier alpha value is -1.33. The number of carbonyl (C=O) groups is 1. The molecule has 2 fully saturated rings. The van der Waals surface area contributed by atoms with Gasteiger partial charge >= 0.3 is 0 Å². The maximum atomic E-state index is 12.6. The van der Waals surface area contributed by atoms with Gasteiger partial charge < -0.3 is 14.6 Å². The zero-order valence-electron chi connectivity index (χ0n) is 14.9. The molecule has 2 heterocycles. The van der Waals surface area contributed by atoms with E-state index in [1.165, 1.54) is 38.5 Å². The molecule has 5 heteroatoms. The van der Waals surface area contributed by atoms with Crippen molar-refractivity contribution in [2.75, 3.05) is 32.8 Å². The number of ether oxygens (including phenoxy) is 1. The summed E-state index contributed by atoms with van der Waals surface area (Å²) in [6.07, 6.45) is 11.4. The molecule has 0 spiro atoms. The second-order valence-corrected chi connectivity index (χ2v) is 7.26. The molecule has 24 heavy (non-hydrogen) atoms. The Balaban J connectivity index is 1.66. The monoisotopic (exact) mass is 333 g/mol. The third kappa shape index (κ3) is 4.01. The van der Waals surface area contributed by atoms with Crippen molar-refractivity contribution in [2.24, 2.45) is 0 Å². The lowest BCUT2D eigenvalue weighted by molar-refractivity contribution is -0.125. The van der Waals surface area contributed by atoms with Crippen molar-refractivity contribution in [1.29, 1.82) is 0 Å². The second-order valence-electron chi connectivity index (χ2n) is 7.26. The first-order valence-electron chi connectivity index (χ1n) is 9.44. The molecule has 1 aliphatic heterocycles. The van der Waals surface area contributed by atoms with Crippen LogP contribution in [0.1, 0.15) is 51.5 Å². The number of hydrogen-bond donors (Lipinski definition) is 1.